The van der Waals surface area contributed by atoms with Gasteiger partial charge in [0.25, 0.3) is 0 Å². The second-order valence-electron chi connectivity index (χ2n) is 2.80. The van der Waals surface area contributed by atoms with Crippen LogP contribution in [0.1, 0.15) is 18.1 Å². The van der Waals surface area contributed by atoms with Gasteiger partial charge in [0.1, 0.15) is 5.75 Å². The van der Waals surface area contributed by atoms with Crippen LogP contribution >= 0.6 is 0 Å². The summed E-state index contributed by atoms with van der Waals surface area (Å²) in [6.45, 7) is 5.67. The van der Waals surface area contributed by atoms with Gasteiger partial charge in [0, 0.05) is 0 Å². The van der Waals surface area contributed by atoms with E-state index in [4.69, 9.17) is 10.00 Å². The Balaban J connectivity index is 3.28. The van der Waals surface area contributed by atoms with E-state index in [9.17, 15) is 0 Å². The Morgan fingerprint density at radius 3 is 2.69 bits per heavy atom. The average Bonchev–Trinajstić information content (AvgIpc) is 2.16. The fourth-order valence-electron chi connectivity index (χ4n) is 1.10. The lowest BCUT2D eigenvalue weighted by Gasteiger charge is -2.05. The zero-order valence-corrected chi connectivity index (χ0v) is 7.79. The molecular formula is C11H11NO. The van der Waals surface area contributed by atoms with Crippen molar-refractivity contribution in [2.45, 2.75) is 6.92 Å². The first-order valence-corrected chi connectivity index (χ1v) is 3.93. The molecule has 13 heavy (non-hydrogen) atoms. The van der Waals surface area contributed by atoms with Crippen LogP contribution in [0.2, 0.25) is 0 Å². The summed E-state index contributed by atoms with van der Waals surface area (Å²) in [6, 6.07) is 7.44. The largest absolute Gasteiger partial charge is 0.497 e. The molecule has 0 saturated heterocycles. The van der Waals surface area contributed by atoms with E-state index < -0.39 is 0 Å². The lowest BCUT2D eigenvalue weighted by Crippen LogP contribution is -1.89. The highest BCUT2D eigenvalue weighted by Crippen LogP contribution is 2.22. The number of rotatable bonds is 2. The molecule has 0 spiro atoms. The summed E-state index contributed by atoms with van der Waals surface area (Å²) >= 11 is 0. The number of nitrogens with zero attached hydrogens (tertiary/aromatic N) is 1. The van der Waals surface area contributed by atoms with E-state index in [2.05, 4.69) is 12.6 Å². The molecule has 2 heteroatoms. The van der Waals surface area contributed by atoms with Crippen molar-refractivity contribution in [3.05, 3.63) is 35.9 Å². The van der Waals surface area contributed by atoms with Gasteiger partial charge in [-0.3, -0.25) is 0 Å². The monoisotopic (exact) mass is 173 g/mol. The van der Waals surface area contributed by atoms with Crippen molar-refractivity contribution in [2.24, 2.45) is 0 Å². The fraction of sp³-hybridized carbons (Fsp3) is 0.182. The molecule has 66 valence electrons. The molecule has 0 fully saturated rings. The molecule has 0 amide bonds. The highest BCUT2D eigenvalue weighted by atomic mass is 16.5. The molecule has 1 rings (SSSR count). The van der Waals surface area contributed by atoms with Crippen LogP contribution in [-0.2, 0) is 0 Å². The Labute approximate surface area is 78.1 Å². The molecule has 0 radical (unpaired) electrons. The Bertz CT molecular complexity index is 374. The van der Waals surface area contributed by atoms with Crippen LogP contribution in [0.25, 0.3) is 5.57 Å². The predicted octanol–water partition coefficient (Wildman–Crippen LogP) is 2.60. The van der Waals surface area contributed by atoms with Crippen LogP contribution in [0.15, 0.2) is 24.8 Å². The number of nitriles is 1. The van der Waals surface area contributed by atoms with Crippen molar-refractivity contribution in [3.63, 3.8) is 0 Å². The van der Waals surface area contributed by atoms with E-state index in [1.807, 2.05) is 13.0 Å². The first kappa shape index (κ1) is 9.34. The number of allylic oxidation sites excluding steroid dienone is 1. The third kappa shape index (κ3) is 1.88. The Kier molecular flexibility index (Phi) is 2.71. The highest BCUT2D eigenvalue weighted by molar-refractivity contribution is 5.68. The van der Waals surface area contributed by atoms with Gasteiger partial charge < -0.3 is 4.74 Å². The highest BCUT2D eigenvalue weighted by Gasteiger charge is 2.03. The van der Waals surface area contributed by atoms with Gasteiger partial charge in [-0.2, -0.15) is 5.26 Å². The van der Waals surface area contributed by atoms with Crippen LogP contribution in [0.3, 0.4) is 0 Å². The van der Waals surface area contributed by atoms with Crippen molar-refractivity contribution < 1.29 is 4.74 Å². The smallest absolute Gasteiger partial charge is 0.119 e. The van der Waals surface area contributed by atoms with Gasteiger partial charge in [-0.1, -0.05) is 6.58 Å². The minimum atomic E-state index is 0.633. The molecule has 0 saturated carbocycles. The number of ether oxygens (including phenoxy) is 1. The first-order chi connectivity index (χ1) is 6.19. The van der Waals surface area contributed by atoms with Gasteiger partial charge >= 0.3 is 0 Å². The van der Waals surface area contributed by atoms with E-state index in [1.54, 1.807) is 19.2 Å². The molecule has 0 N–H and O–H groups in total. The van der Waals surface area contributed by atoms with Gasteiger partial charge in [0.15, 0.2) is 0 Å². The van der Waals surface area contributed by atoms with E-state index in [1.165, 1.54) is 0 Å². The number of methoxy groups -OCH3 is 1. The minimum absolute atomic E-state index is 0.633. The molecule has 0 heterocycles. The summed E-state index contributed by atoms with van der Waals surface area (Å²) in [5.41, 5.74) is 2.35. The number of hydrogen-bond donors (Lipinski definition) is 0. The van der Waals surface area contributed by atoms with Gasteiger partial charge in [0.05, 0.1) is 18.7 Å². The molecule has 1 aromatic carbocycles. The Morgan fingerprint density at radius 1 is 1.54 bits per heavy atom. The molecule has 0 bridgehead atoms. The predicted molar refractivity (Wildman–Crippen MR) is 52.4 cm³/mol. The molecule has 0 aliphatic heterocycles. The normalized spacial score (nSPS) is 9.00. The summed E-state index contributed by atoms with van der Waals surface area (Å²) in [5, 5.41) is 8.80. The van der Waals surface area contributed by atoms with Crippen LogP contribution in [-0.4, -0.2) is 7.11 Å². The van der Waals surface area contributed by atoms with Gasteiger partial charge in [0.2, 0.25) is 0 Å². The van der Waals surface area contributed by atoms with E-state index >= 15 is 0 Å². The molecule has 0 aliphatic rings. The maximum absolute atomic E-state index is 8.80. The molecule has 0 unspecified atom stereocenters. The van der Waals surface area contributed by atoms with Gasteiger partial charge in [-0.15, -0.1) is 0 Å². The average molecular weight is 173 g/mol. The van der Waals surface area contributed by atoms with Crippen LogP contribution in [0.4, 0.5) is 0 Å². The van der Waals surface area contributed by atoms with Crippen molar-refractivity contribution in [1.82, 2.24) is 0 Å². The zero-order valence-electron chi connectivity index (χ0n) is 7.79. The summed E-state index contributed by atoms with van der Waals surface area (Å²) in [5.74, 6) is 0.747. The molecule has 1 aromatic rings. The van der Waals surface area contributed by atoms with Crippen molar-refractivity contribution in [2.75, 3.05) is 7.11 Å². The quantitative estimate of drug-likeness (QED) is 0.688. The topological polar surface area (TPSA) is 33.0 Å². The standard InChI is InChI=1S/C11H11NO/c1-8(2)11-6-10(13-3)5-4-9(11)7-12/h4-6H,1H2,2-3H3. The van der Waals surface area contributed by atoms with E-state index in [-0.39, 0.29) is 0 Å². The molecule has 0 aliphatic carbocycles. The summed E-state index contributed by atoms with van der Waals surface area (Å²) < 4.78 is 5.05. The van der Waals surface area contributed by atoms with Crippen molar-refractivity contribution >= 4 is 5.57 Å². The minimum Gasteiger partial charge on any atom is -0.497 e. The zero-order chi connectivity index (χ0) is 9.84. The molecule has 0 aromatic heterocycles. The maximum Gasteiger partial charge on any atom is 0.119 e. The summed E-state index contributed by atoms with van der Waals surface area (Å²) in [4.78, 5) is 0. The summed E-state index contributed by atoms with van der Waals surface area (Å²) in [7, 11) is 1.60. The second-order valence-corrected chi connectivity index (χ2v) is 2.80. The van der Waals surface area contributed by atoms with Crippen LogP contribution in [0, 0.1) is 11.3 Å². The number of benzene rings is 1. The van der Waals surface area contributed by atoms with Gasteiger partial charge in [-0.25, -0.2) is 0 Å². The van der Waals surface area contributed by atoms with E-state index in [0.29, 0.717) is 5.56 Å². The van der Waals surface area contributed by atoms with E-state index in [0.717, 1.165) is 16.9 Å². The Hall–Kier alpha value is -1.75. The van der Waals surface area contributed by atoms with Crippen LogP contribution < -0.4 is 4.74 Å². The van der Waals surface area contributed by atoms with Crippen molar-refractivity contribution in [3.8, 4) is 11.8 Å². The molecular weight excluding hydrogens is 162 g/mol. The molecule has 0 atom stereocenters. The second kappa shape index (κ2) is 3.77. The first-order valence-electron chi connectivity index (χ1n) is 3.93. The van der Waals surface area contributed by atoms with Crippen LogP contribution in [0.5, 0.6) is 5.75 Å². The fourth-order valence-corrected chi connectivity index (χ4v) is 1.10. The SMILES string of the molecule is C=C(C)c1cc(OC)ccc1C#N. The molecule has 2 nitrogen and oxygen atoms in total. The maximum atomic E-state index is 8.80. The van der Waals surface area contributed by atoms with Gasteiger partial charge in [-0.05, 0) is 36.3 Å². The lowest BCUT2D eigenvalue weighted by atomic mass is 10.0. The number of hydrogen-bond acceptors (Lipinski definition) is 2. The van der Waals surface area contributed by atoms with Crippen molar-refractivity contribution in [1.29, 1.82) is 5.26 Å². The summed E-state index contributed by atoms with van der Waals surface area (Å²) in [6.07, 6.45) is 0. The lowest BCUT2D eigenvalue weighted by molar-refractivity contribution is 0.414. The Morgan fingerprint density at radius 2 is 2.23 bits per heavy atom. The third-order valence-electron chi connectivity index (χ3n) is 1.81. The third-order valence-corrected chi connectivity index (χ3v) is 1.81.